The quantitative estimate of drug-likeness (QED) is 0.715. The van der Waals surface area contributed by atoms with Crippen LogP contribution in [0.4, 0.5) is 0 Å². The van der Waals surface area contributed by atoms with E-state index in [-0.39, 0.29) is 10.8 Å². The minimum Gasteiger partial charge on any atom is -0.477 e. The first-order chi connectivity index (χ1) is 9.08. The molecular formula is C13H20N2O3S. The summed E-state index contributed by atoms with van der Waals surface area (Å²) in [5.74, 6) is -1.19. The van der Waals surface area contributed by atoms with Crippen LogP contribution in [0.2, 0.25) is 0 Å². The van der Waals surface area contributed by atoms with Gasteiger partial charge in [-0.3, -0.25) is 4.79 Å². The van der Waals surface area contributed by atoms with Crippen molar-refractivity contribution in [1.82, 2.24) is 10.2 Å². The van der Waals surface area contributed by atoms with E-state index in [0.717, 1.165) is 37.4 Å². The van der Waals surface area contributed by atoms with Crippen LogP contribution in [0.1, 0.15) is 39.6 Å². The highest BCUT2D eigenvalue weighted by atomic mass is 32.1. The number of hydrogen-bond donors (Lipinski definition) is 2. The molecule has 0 spiro atoms. The van der Waals surface area contributed by atoms with Crippen molar-refractivity contribution in [1.29, 1.82) is 0 Å². The molecule has 0 aromatic carbocycles. The molecule has 106 valence electrons. The maximum atomic E-state index is 11.8. The zero-order chi connectivity index (χ0) is 14.3. The molecule has 1 amide bonds. The second-order valence-electron chi connectivity index (χ2n) is 4.11. The summed E-state index contributed by atoms with van der Waals surface area (Å²) in [4.78, 5) is 25.4. The number of nitrogens with one attached hydrogen (secondary N) is 1. The Labute approximate surface area is 117 Å². The Hall–Kier alpha value is -1.40. The third kappa shape index (κ3) is 5.00. The maximum Gasteiger partial charge on any atom is 0.345 e. The first-order valence-electron chi connectivity index (χ1n) is 6.42. The van der Waals surface area contributed by atoms with Crippen molar-refractivity contribution in [3.8, 4) is 0 Å². The number of amides is 1. The minimum absolute atomic E-state index is 0.188. The zero-order valence-electron chi connectivity index (χ0n) is 11.3. The first kappa shape index (κ1) is 15.7. The van der Waals surface area contributed by atoms with E-state index in [1.165, 1.54) is 6.07 Å². The van der Waals surface area contributed by atoms with Gasteiger partial charge in [0.1, 0.15) is 4.88 Å². The SMILES string of the molecule is CCN(CC)CCCNC(=O)c1ccc(C(=O)O)s1. The lowest BCUT2D eigenvalue weighted by atomic mass is 10.3. The van der Waals surface area contributed by atoms with E-state index in [4.69, 9.17) is 5.11 Å². The van der Waals surface area contributed by atoms with Crippen molar-refractivity contribution < 1.29 is 14.7 Å². The van der Waals surface area contributed by atoms with E-state index < -0.39 is 5.97 Å². The lowest BCUT2D eigenvalue weighted by Crippen LogP contribution is -2.29. The van der Waals surface area contributed by atoms with Crippen molar-refractivity contribution in [2.24, 2.45) is 0 Å². The fourth-order valence-electron chi connectivity index (χ4n) is 1.71. The van der Waals surface area contributed by atoms with Crippen LogP contribution in [0.25, 0.3) is 0 Å². The molecule has 2 N–H and O–H groups in total. The van der Waals surface area contributed by atoms with Gasteiger partial charge in [-0.1, -0.05) is 13.8 Å². The first-order valence-corrected chi connectivity index (χ1v) is 7.23. The minimum atomic E-state index is -0.995. The van der Waals surface area contributed by atoms with E-state index in [1.54, 1.807) is 6.07 Å². The van der Waals surface area contributed by atoms with Crippen molar-refractivity contribution in [2.45, 2.75) is 20.3 Å². The van der Waals surface area contributed by atoms with Gasteiger partial charge >= 0.3 is 5.97 Å². The Morgan fingerprint density at radius 3 is 2.42 bits per heavy atom. The van der Waals surface area contributed by atoms with Gasteiger partial charge < -0.3 is 15.3 Å². The molecule has 5 nitrogen and oxygen atoms in total. The average molecular weight is 284 g/mol. The van der Waals surface area contributed by atoms with Gasteiger partial charge in [-0.25, -0.2) is 4.79 Å². The molecule has 0 saturated carbocycles. The number of carboxylic acids is 1. The summed E-state index contributed by atoms with van der Waals surface area (Å²) in [5.41, 5.74) is 0. The van der Waals surface area contributed by atoms with Crippen LogP contribution in [0.5, 0.6) is 0 Å². The van der Waals surface area contributed by atoms with Gasteiger partial charge in [0.25, 0.3) is 5.91 Å². The van der Waals surface area contributed by atoms with Gasteiger partial charge in [-0.2, -0.15) is 0 Å². The summed E-state index contributed by atoms with van der Waals surface area (Å²) in [6, 6.07) is 3.01. The molecule has 1 heterocycles. The Morgan fingerprint density at radius 2 is 1.89 bits per heavy atom. The van der Waals surface area contributed by atoms with E-state index >= 15 is 0 Å². The van der Waals surface area contributed by atoms with Crippen LogP contribution < -0.4 is 5.32 Å². The van der Waals surface area contributed by atoms with Crippen molar-refractivity contribution in [3.05, 3.63) is 21.9 Å². The maximum absolute atomic E-state index is 11.8. The molecule has 0 fully saturated rings. The number of aromatic carboxylic acids is 1. The number of hydrogen-bond acceptors (Lipinski definition) is 4. The van der Waals surface area contributed by atoms with Gasteiger partial charge in [0, 0.05) is 6.54 Å². The molecule has 1 aromatic heterocycles. The van der Waals surface area contributed by atoms with Crippen LogP contribution in [-0.2, 0) is 0 Å². The van der Waals surface area contributed by atoms with Crippen LogP contribution in [-0.4, -0.2) is 48.1 Å². The molecule has 6 heteroatoms. The molecule has 0 aliphatic carbocycles. The number of thiophene rings is 1. The molecule has 1 rings (SSSR count). The Bertz CT molecular complexity index is 427. The van der Waals surface area contributed by atoms with Gasteiger partial charge in [0.2, 0.25) is 0 Å². The number of nitrogens with zero attached hydrogens (tertiary/aromatic N) is 1. The largest absolute Gasteiger partial charge is 0.477 e. The molecule has 1 aromatic rings. The molecule has 0 aliphatic rings. The standard InChI is InChI=1S/C13H20N2O3S/c1-3-15(4-2)9-5-8-14-12(16)10-6-7-11(19-10)13(17)18/h6-7H,3-5,8-9H2,1-2H3,(H,14,16)(H,17,18). The van der Waals surface area contributed by atoms with Crippen LogP contribution in [0.3, 0.4) is 0 Å². The van der Waals surface area contributed by atoms with Gasteiger partial charge in [0.05, 0.1) is 4.88 Å². The van der Waals surface area contributed by atoms with Gasteiger partial charge in [-0.15, -0.1) is 11.3 Å². The van der Waals surface area contributed by atoms with Crippen molar-refractivity contribution >= 4 is 23.2 Å². The zero-order valence-corrected chi connectivity index (χ0v) is 12.1. The summed E-state index contributed by atoms with van der Waals surface area (Å²) in [6.45, 7) is 7.81. The fourth-order valence-corrected chi connectivity index (χ4v) is 2.47. The lowest BCUT2D eigenvalue weighted by molar-refractivity contribution is 0.0702. The average Bonchev–Trinajstić information content (AvgIpc) is 2.88. The number of carbonyl (C=O) groups is 2. The predicted molar refractivity (Wildman–Crippen MR) is 76.0 cm³/mol. The van der Waals surface area contributed by atoms with Gasteiger partial charge in [-0.05, 0) is 38.2 Å². The molecule has 0 bridgehead atoms. The van der Waals surface area contributed by atoms with E-state index in [9.17, 15) is 9.59 Å². The summed E-state index contributed by atoms with van der Waals surface area (Å²) in [5, 5.41) is 11.6. The van der Waals surface area contributed by atoms with Crippen LogP contribution in [0.15, 0.2) is 12.1 Å². The Morgan fingerprint density at radius 1 is 1.26 bits per heavy atom. The van der Waals surface area contributed by atoms with Crippen LogP contribution >= 0.6 is 11.3 Å². The third-order valence-electron chi connectivity index (χ3n) is 2.87. The van der Waals surface area contributed by atoms with E-state index in [0.29, 0.717) is 11.4 Å². The predicted octanol–water partition coefficient (Wildman–Crippen LogP) is 1.91. The molecule has 0 aliphatic heterocycles. The molecular weight excluding hydrogens is 264 g/mol. The Balaban J connectivity index is 2.33. The molecule has 0 atom stereocenters. The highest BCUT2D eigenvalue weighted by molar-refractivity contribution is 7.15. The molecule has 0 radical (unpaired) electrons. The van der Waals surface area contributed by atoms with Crippen molar-refractivity contribution in [2.75, 3.05) is 26.2 Å². The number of carbonyl (C=O) groups excluding carboxylic acids is 1. The van der Waals surface area contributed by atoms with Gasteiger partial charge in [0.15, 0.2) is 0 Å². The summed E-state index contributed by atoms with van der Waals surface area (Å²) >= 11 is 1.00. The fraction of sp³-hybridized carbons (Fsp3) is 0.538. The second kappa shape index (κ2) is 7.91. The smallest absolute Gasteiger partial charge is 0.345 e. The van der Waals surface area contributed by atoms with E-state index in [2.05, 4.69) is 24.1 Å². The summed E-state index contributed by atoms with van der Waals surface area (Å²) in [6.07, 6.45) is 0.893. The highest BCUT2D eigenvalue weighted by Gasteiger charge is 2.12. The number of carboxylic acid groups (broad SMARTS) is 1. The monoisotopic (exact) mass is 284 g/mol. The number of rotatable bonds is 8. The molecule has 19 heavy (non-hydrogen) atoms. The third-order valence-corrected chi connectivity index (χ3v) is 3.94. The Kier molecular flexibility index (Phi) is 6.52. The van der Waals surface area contributed by atoms with E-state index in [1.807, 2.05) is 0 Å². The normalized spacial score (nSPS) is 10.7. The van der Waals surface area contributed by atoms with Crippen molar-refractivity contribution in [3.63, 3.8) is 0 Å². The molecule has 0 saturated heterocycles. The lowest BCUT2D eigenvalue weighted by Gasteiger charge is -2.17. The topological polar surface area (TPSA) is 69.6 Å². The van der Waals surface area contributed by atoms with Crippen LogP contribution in [0, 0.1) is 0 Å². The second-order valence-corrected chi connectivity index (χ2v) is 5.19. The molecule has 0 unspecified atom stereocenters. The summed E-state index contributed by atoms with van der Waals surface area (Å²) in [7, 11) is 0. The highest BCUT2D eigenvalue weighted by Crippen LogP contribution is 2.16. The summed E-state index contributed by atoms with van der Waals surface area (Å²) < 4.78 is 0.